The van der Waals surface area contributed by atoms with Gasteiger partial charge in [-0.2, -0.15) is 0 Å². The molecule has 0 unspecified atom stereocenters. The smallest absolute Gasteiger partial charge is 0.374 e. The zero-order valence-electron chi connectivity index (χ0n) is 10.3. The lowest BCUT2D eigenvalue weighted by atomic mass is 10.1. The molecule has 0 aliphatic heterocycles. The zero-order chi connectivity index (χ0) is 14.2. The van der Waals surface area contributed by atoms with E-state index in [-0.39, 0.29) is 5.89 Å². The minimum atomic E-state index is -1.46. The molecule has 6 nitrogen and oxygen atoms in total. The third kappa shape index (κ3) is 2.47. The molecule has 0 aliphatic carbocycles. The van der Waals surface area contributed by atoms with Gasteiger partial charge in [-0.25, -0.2) is 14.6 Å². The number of aromatic nitrogens is 1. The Morgan fingerprint density at radius 1 is 1.05 bits per heavy atom. The molecule has 6 heteroatoms. The summed E-state index contributed by atoms with van der Waals surface area (Å²) in [6, 6.07) is 5.43. The van der Waals surface area contributed by atoms with Crippen LogP contribution in [0.1, 0.15) is 32.2 Å². The molecule has 19 heavy (non-hydrogen) atoms. The Morgan fingerprint density at radius 2 is 1.63 bits per heavy atom. The van der Waals surface area contributed by atoms with E-state index in [2.05, 4.69) is 4.98 Å². The fourth-order valence-corrected chi connectivity index (χ4v) is 1.83. The molecule has 2 rings (SSSR count). The van der Waals surface area contributed by atoms with E-state index in [1.54, 1.807) is 12.1 Å². The van der Waals surface area contributed by atoms with E-state index in [1.165, 1.54) is 0 Å². The molecular formula is C13H11NO5. The monoisotopic (exact) mass is 261 g/mol. The maximum Gasteiger partial charge on any atom is 0.374 e. The topological polar surface area (TPSA) is 101 Å². The molecule has 0 saturated heterocycles. The van der Waals surface area contributed by atoms with Gasteiger partial charge in [0.15, 0.2) is 0 Å². The number of carboxylic acid groups (broad SMARTS) is 2. The van der Waals surface area contributed by atoms with Gasteiger partial charge < -0.3 is 14.6 Å². The first-order valence-corrected chi connectivity index (χ1v) is 5.44. The predicted molar refractivity (Wildman–Crippen MR) is 65.3 cm³/mol. The van der Waals surface area contributed by atoms with Crippen molar-refractivity contribution in [2.45, 2.75) is 13.8 Å². The molecule has 0 amide bonds. The first kappa shape index (κ1) is 12.8. The SMILES string of the molecule is Cc1cc(C)cc(-c2nc(C(=O)O)c(C(=O)O)o2)c1. The molecule has 1 heterocycles. The van der Waals surface area contributed by atoms with Crippen LogP contribution < -0.4 is 0 Å². The van der Waals surface area contributed by atoms with Crippen LogP contribution in [0.5, 0.6) is 0 Å². The Balaban J connectivity index is 2.60. The van der Waals surface area contributed by atoms with Crippen molar-refractivity contribution >= 4 is 11.9 Å². The highest BCUT2D eigenvalue weighted by atomic mass is 16.4. The summed E-state index contributed by atoms with van der Waals surface area (Å²) in [7, 11) is 0. The van der Waals surface area contributed by atoms with Crippen LogP contribution in [0.25, 0.3) is 11.5 Å². The predicted octanol–water partition coefficient (Wildman–Crippen LogP) is 2.35. The van der Waals surface area contributed by atoms with Gasteiger partial charge in [0.05, 0.1) is 0 Å². The summed E-state index contributed by atoms with van der Waals surface area (Å²) in [5.41, 5.74) is 1.85. The number of aromatic carboxylic acids is 2. The molecule has 0 saturated carbocycles. The molecule has 0 spiro atoms. The fraction of sp³-hybridized carbons (Fsp3) is 0.154. The lowest BCUT2D eigenvalue weighted by Crippen LogP contribution is -2.05. The number of oxazole rings is 1. The standard InChI is InChI=1S/C13H11NO5/c1-6-3-7(2)5-8(4-6)11-14-9(12(15)16)10(19-11)13(17)18/h3-5H,1-2H3,(H,15,16)(H,17,18). The van der Waals surface area contributed by atoms with Gasteiger partial charge in [0.1, 0.15) is 0 Å². The summed E-state index contributed by atoms with van der Waals surface area (Å²) in [5, 5.41) is 17.8. The van der Waals surface area contributed by atoms with Crippen molar-refractivity contribution in [2.24, 2.45) is 0 Å². The van der Waals surface area contributed by atoms with Crippen LogP contribution in [0, 0.1) is 13.8 Å². The minimum Gasteiger partial charge on any atom is -0.476 e. The van der Waals surface area contributed by atoms with Gasteiger partial charge in [-0.3, -0.25) is 0 Å². The maximum absolute atomic E-state index is 10.9. The molecule has 0 fully saturated rings. The molecule has 1 aromatic carbocycles. The van der Waals surface area contributed by atoms with Crippen LogP contribution in [-0.4, -0.2) is 27.1 Å². The highest BCUT2D eigenvalue weighted by molar-refractivity contribution is 5.98. The first-order valence-electron chi connectivity index (χ1n) is 5.44. The Kier molecular flexibility index (Phi) is 3.08. The van der Waals surface area contributed by atoms with E-state index in [0.29, 0.717) is 5.56 Å². The van der Waals surface area contributed by atoms with Crippen molar-refractivity contribution in [3.63, 3.8) is 0 Å². The van der Waals surface area contributed by atoms with Crippen molar-refractivity contribution in [1.82, 2.24) is 4.98 Å². The molecule has 0 radical (unpaired) electrons. The van der Waals surface area contributed by atoms with Gasteiger partial charge in [-0.05, 0) is 26.0 Å². The average molecular weight is 261 g/mol. The summed E-state index contributed by atoms with van der Waals surface area (Å²) in [5.74, 6) is -3.57. The fourth-order valence-electron chi connectivity index (χ4n) is 1.83. The molecule has 98 valence electrons. The molecule has 0 atom stereocenters. The summed E-state index contributed by atoms with van der Waals surface area (Å²) >= 11 is 0. The maximum atomic E-state index is 10.9. The van der Waals surface area contributed by atoms with Gasteiger partial charge in [-0.15, -0.1) is 0 Å². The Bertz CT molecular complexity index is 620. The first-order chi connectivity index (χ1) is 8.88. The highest BCUT2D eigenvalue weighted by Crippen LogP contribution is 2.24. The van der Waals surface area contributed by atoms with E-state index in [1.807, 2.05) is 19.9 Å². The molecule has 1 aromatic heterocycles. The quantitative estimate of drug-likeness (QED) is 0.879. The van der Waals surface area contributed by atoms with Crippen molar-refractivity contribution in [2.75, 3.05) is 0 Å². The van der Waals surface area contributed by atoms with Gasteiger partial charge in [0.2, 0.25) is 17.3 Å². The van der Waals surface area contributed by atoms with Crippen LogP contribution in [0.4, 0.5) is 0 Å². The second-order valence-electron chi connectivity index (χ2n) is 4.18. The number of nitrogens with zero attached hydrogens (tertiary/aromatic N) is 1. The molecular weight excluding hydrogens is 250 g/mol. The Hall–Kier alpha value is -2.63. The molecule has 2 aromatic rings. The van der Waals surface area contributed by atoms with Crippen LogP contribution >= 0.6 is 0 Å². The summed E-state index contributed by atoms with van der Waals surface area (Å²) in [4.78, 5) is 25.6. The van der Waals surface area contributed by atoms with Gasteiger partial charge in [0, 0.05) is 5.56 Å². The summed E-state index contributed by atoms with van der Waals surface area (Å²) in [6.07, 6.45) is 0. The van der Waals surface area contributed by atoms with E-state index < -0.39 is 23.4 Å². The lowest BCUT2D eigenvalue weighted by Gasteiger charge is -2.00. The number of hydrogen-bond donors (Lipinski definition) is 2. The van der Waals surface area contributed by atoms with Crippen LogP contribution in [0.3, 0.4) is 0 Å². The number of carbonyl (C=O) groups is 2. The normalized spacial score (nSPS) is 10.4. The second kappa shape index (κ2) is 4.56. The van der Waals surface area contributed by atoms with E-state index >= 15 is 0 Å². The van der Waals surface area contributed by atoms with Crippen molar-refractivity contribution in [3.05, 3.63) is 40.8 Å². The third-order valence-corrected chi connectivity index (χ3v) is 2.49. The van der Waals surface area contributed by atoms with Crippen molar-refractivity contribution < 1.29 is 24.2 Å². The van der Waals surface area contributed by atoms with E-state index in [0.717, 1.165) is 11.1 Å². The number of rotatable bonds is 3. The third-order valence-electron chi connectivity index (χ3n) is 2.49. The van der Waals surface area contributed by atoms with E-state index in [4.69, 9.17) is 14.6 Å². The highest BCUT2D eigenvalue weighted by Gasteiger charge is 2.25. The van der Waals surface area contributed by atoms with Crippen LogP contribution in [0.15, 0.2) is 22.6 Å². The summed E-state index contributed by atoms with van der Waals surface area (Å²) in [6.45, 7) is 3.74. The largest absolute Gasteiger partial charge is 0.476 e. The van der Waals surface area contributed by atoms with Gasteiger partial charge >= 0.3 is 11.9 Å². The summed E-state index contributed by atoms with van der Waals surface area (Å²) < 4.78 is 5.04. The molecule has 2 N–H and O–H groups in total. The Morgan fingerprint density at radius 3 is 2.05 bits per heavy atom. The number of benzene rings is 1. The van der Waals surface area contributed by atoms with Gasteiger partial charge in [0.25, 0.3) is 0 Å². The van der Waals surface area contributed by atoms with Crippen molar-refractivity contribution in [1.29, 1.82) is 0 Å². The number of carboxylic acids is 2. The minimum absolute atomic E-state index is 0.0124. The zero-order valence-corrected chi connectivity index (χ0v) is 10.3. The Labute approximate surface area is 108 Å². The van der Waals surface area contributed by atoms with Crippen molar-refractivity contribution in [3.8, 4) is 11.5 Å². The molecule has 0 aliphatic rings. The van der Waals surface area contributed by atoms with Gasteiger partial charge in [-0.1, -0.05) is 17.2 Å². The number of hydrogen-bond acceptors (Lipinski definition) is 4. The molecule has 0 bridgehead atoms. The second-order valence-corrected chi connectivity index (χ2v) is 4.18. The average Bonchev–Trinajstić information content (AvgIpc) is 2.72. The van der Waals surface area contributed by atoms with Crippen LogP contribution in [0.2, 0.25) is 0 Å². The van der Waals surface area contributed by atoms with Crippen LogP contribution in [-0.2, 0) is 0 Å². The lowest BCUT2D eigenvalue weighted by molar-refractivity contribution is 0.0624. The van der Waals surface area contributed by atoms with E-state index in [9.17, 15) is 9.59 Å². The number of aryl methyl sites for hydroxylation is 2.